The lowest BCUT2D eigenvalue weighted by Gasteiger charge is -2.33. The summed E-state index contributed by atoms with van der Waals surface area (Å²) in [6.45, 7) is 8.43. The first-order valence-corrected chi connectivity index (χ1v) is 7.12. The molecule has 0 radical (unpaired) electrons. The van der Waals surface area contributed by atoms with E-state index in [2.05, 4.69) is 4.90 Å². The molecule has 3 nitrogen and oxygen atoms in total. The second-order valence-electron chi connectivity index (χ2n) is 4.35. The number of piperidine rings is 1. The van der Waals surface area contributed by atoms with Gasteiger partial charge in [-0.15, -0.1) is 0 Å². The van der Waals surface area contributed by atoms with E-state index in [1.54, 1.807) is 12.1 Å². The fraction of sp³-hybridized carbons (Fsp3) is 0.600. The number of hydrogen-bond acceptors (Lipinski definition) is 3. The summed E-state index contributed by atoms with van der Waals surface area (Å²) in [4.78, 5) is 2.06. The molecular weight excluding hydrogens is 243 g/mol. The normalized spacial score (nSPS) is 15.9. The maximum atomic E-state index is 13.7. The number of nitrogen functional groups attached to an aromatic ring is 1. The third-order valence-corrected chi connectivity index (χ3v) is 3.16. The van der Waals surface area contributed by atoms with E-state index in [0.717, 1.165) is 32.5 Å². The van der Waals surface area contributed by atoms with Gasteiger partial charge in [0, 0.05) is 25.4 Å². The zero-order valence-corrected chi connectivity index (χ0v) is 12.2. The molecule has 1 aliphatic rings. The van der Waals surface area contributed by atoms with Crippen LogP contribution in [-0.2, 0) is 4.74 Å². The number of ether oxygens (including phenoxy) is 1. The van der Waals surface area contributed by atoms with E-state index in [-0.39, 0.29) is 5.82 Å². The van der Waals surface area contributed by atoms with E-state index >= 15 is 0 Å². The first-order valence-electron chi connectivity index (χ1n) is 7.12. The summed E-state index contributed by atoms with van der Waals surface area (Å²) in [5, 5.41) is 0. The van der Waals surface area contributed by atoms with Gasteiger partial charge in [0.2, 0.25) is 0 Å². The first-order chi connectivity index (χ1) is 9.20. The Labute approximate surface area is 115 Å². The molecule has 0 aliphatic carbocycles. The van der Waals surface area contributed by atoms with Crippen molar-refractivity contribution in [3.63, 3.8) is 0 Å². The lowest BCUT2D eigenvalue weighted by atomic mass is 10.1. The van der Waals surface area contributed by atoms with Gasteiger partial charge in [0.25, 0.3) is 0 Å². The highest BCUT2D eigenvalue weighted by molar-refractivity contribution is 5.54. The fourth-order valence-electron chi connectivity index (χ4n) is 2.28. The molecule has 0 bridgehead atoms. The van der Waals surface area contributed by atoms with E-state index in [1.165, 1.54) is 6.07 Å². The molecule has 2 rings (SSSR count). The van der Waals surface area contributed by atoms with Crippen LogP contribution in [0.1, 0.15) is 33.6 Å². The van der Waals surface area contributed by atoms with Gasteiger partial charge < -0.3 is 15.4 Å². The van der Waals surface area contributed by atoms with E-state index in [4.69, 9.17) is 10.5 Å². The highest BCUT2D eigenvalue weighted by atomic mass is 19.1. The molecule has 0 unspecified atom stereocenters. The molecule has 1 aromatic carbocycles. The minimum absolute atomic E-state index is 0.236. The molecule has 2 N–H and O–H groups in total. The number of rotatable bonds is 3. The van der Waals surface area contributed by atoms with Crippen LogP contribution in [0, 0.1) is 5.82 Å². The summed E-state index contributed by atoms with van der Waals surface area (Å²) in [7, 11) is 0. The fourth-order valence-corrected chi connectivity index (χ4v) is 2.28. The molecule has 108 valence electrons. The van der Waals surface area contributed by atoms with Crippen LogP contribution in [0.2, 0.25) is 0 Å². The Morgan fingerprint density at radius 2 is 1.95 bits per heavy atom. The van der Waals surface area contributed by atoms with Gasteiger partial charge in [-0.05, 0) is 38.0 Å². The van der Waals surface area contributed by atoms with Crippen LogP contribution in [0.3, 0.4) is 0 Å². The van der Waals surface area contributed by atoms with Gasteiger partial charge in [-0.3, -0.25) is 0 Å². The third kappa shape index (κ3) is 4.39. The molecule has 1 saturated heterocycles. The molecule has 0 amide bonds. The van der Waals surface area contributed by atoms with Crippen molar-refractivity contribution in [2.75, 3.05) is 30.3 Å². The lowest BCUT2D eigenvalue weighted by Crippen LogP contribution is -2.37. The zero-order valence-electron chi connectivity index (χ0n) is 12.2. The van der Waals surface area contributed by atoms with Crippen molar-refractivity contribution < 1.29 is 9.13 Å². The first kappa shape index (κ1) is 15.8. The molecule has 19 heavy (non-hydrogen) atoms. The summed E-state index contributed by atoms with van der Waals surface area (Å²) in [5.74, 6) is -0.236. The summed E-state index contributed by atoms with van der Waals surface area (Å²) in [6.07, 6.45) is 2.24. The second kappa shape index (κ2) is 8.00. The molecule has 1 aromatic rings. The van der Waals surface area contributed by atoms with Crippen molar-refractivity contribution in [1.82, 2.24) is 0 Å². The van der Waals surface area contributed by atoms with Crippen LogP contribution in [0.4, 0.5) is 15.8 Å². The van der Waals surface area contributed by atoms with E-state index < -0.39 is 0 Å². The predicted molar refractivity (Wildman–Crippen MR) is 79.0 cm³/mol. The van der Waals surface area contributed by atoms with Gasteiger partial charge in [-0.2, -0.15) is 0 Å². The number of nitrogens with zero attached hydrogens (tertiary/aromatic N) is 1. The molecule has 1 heterocycles. The quantitative estimate of drug-likeness (QED) is 0.853. The van der Waals surface area contributed by atoms with Gasteiger partial charge in [0.1, 0.15) is 5.82 Å². The predicted octanol–water partition coefficient (Wildman–Crippen LogP) is 3.44. The van der Waals surface area contributed by atoms with Gasteiger partial charge in [-0.25, -0.2) is 4.39 Å². The molecule has 4 heteroatoms. The maximum Gasteiger partial charge on any atom is 0.148 e. The van der Waals surface area contributed by atoms with Crippen molar-refractivity contribution >= 4 is 11.4 Å². The van der Waals surface area contributed by atoms with Crippen LogP contribution in [0.15, 0.2) is 18.2 Å². The van der Waals surface area contributed by atoms with E-state index in [9.17, 15) is 4.39 Å². The lowest BCUT2D eigenvalue weighted by molar-refractivity contribution is 0.0458. The largest absolute Gasteiger partial charge is 0.399 e. The van der Waals surface area contributed by atoms with Gasteiger partial charge >= 0.3 is 0 Å². The molecule has 0 saturated carbocycles. The Kier molecular flexibility index (Phi) is 6.64. The standard InChI is InChI=1S/C13H19FN2O.C2H6/c1-2-17-11-5-7-16(8-6-11)13-4-3-10(15)9-12(13)14;1-2/h3-4,9,11H,2,5-8,15H2,1H3;1-2H3. The van der Waals surface area contributed by atoms with Crippen LogP contribution < -0.4 is 10.6 Å². The highest BCUT2D eigenvalue weighted by Crippen LogP contribution is 2.25. The average molecular weight is 268 g/mol. The van der Waals surface area contributed by atoms with E-state index in [1.807, 2.05) is 20.8 Å². The van der Waals surface area contributed by atoms with Crippen molar-refractivity contribution in [2.24, 2.45) is 0 Å². The Morgan fingerprint density at radius 1 is 1.32 bits per heavy atom. The number of benzene rings is 1. The Hall–Kier alpha value is -1.29. The maximum absolute atomic E-state index is 13.7. The summed E-state index contributed by atoms with van der Waals surface area (Å²) >= 11 is 0. The summed E-state index contributed by atoms with van der Waals surface area (Å²) in [6, 6.07) is 4.88. The minimum Gasteiger partial charge on any atom is -0.399 e. The SMILES string of the molecule is CC.CCOC1CCN(c2ccc(N)cc2F)CC1. The molecule has 0 atom stereocenters. The zero-order chi connectivity index (χ0) is 14.3. The summed E-state index contributed by atoms with van der Waals surface area (Å²) < 4.78 is 19.3. The number of anilines is 2. The molecule has 0 spiro atoms. The van der Waals surface area contributed by atoms with Crippen LogP contribution >= 0.6 is 0 Å². The van der Waals surface area contributed by atoms with Gasteiger partial charge in [0.15, 0.2) is 0 Å². The highest BCUT2D eigenvalue weighted by Gasteiger charge is 2.21. The summed E-state index contributed by atoms with van der Waals surface area (Å²) in [5.41, 5.74) is 6.66. The molecule has 0 aromatic heterocycles. The number of nitrogens with two attached hydrogens (primary N) is 1. The van der Waals surface area contributed by atoms with Crippen molar-refractivity contribution in [3.8, 4) is 0 Å². The molecular formula is C15H25FN2O. The van der Waals surface area contributed by atoms with Crippen molar-refractivity contribution in [1.29, 1.82) is 0 Å². The monoisotopic (exact) mass is 268 g/mol. The van der Waals surface area contributed by atoms with Crippen LogP contribution in [0.25, 0.3) is 0 Å². The van der Waals surface area contributed by atoms with Crippen molar-refractivity contribution in [2.45, 2.75) is 39.7 Å². The Morgan fingerprint density at radius 3 is 2.47 bits per heavy atom. The molecule has 1 aliphatic heterocycles. The van der Waals surface area contributed by atoms with Crippen molar-refractivity contribution in [3.05, 3.63) is 24.0 Å². The van der Waals surface area contributed by atoms with Gasteiger partial charge in [-0.1, -0.05) is 13.8 Å². The number of hydrogen-bond donors (Lipinski definition) is 1. The second-order valence-corrected chi connectivity index (χ2v) is 4.35. The third-order valence-electron chi connectivity index (χ3n) is 3.16. The average Bonchev–Trinajstić information content (AvgIpc) is 2.43. The van der Waals surface area contributed by atoms with Gasteiger partial charge in [0.05, 0.1) is 11.8 Å². The van der Waals surface area contributed by atoms with Crippen LogP contribution in [-0.4, -0.2) is 25.8 Å². The topological polar surface area (TPSA) is 38.5 Å². The van der Waals surface area contributed by atoms with E-state index in [0.29, 0.717) is 17.5 Å². The number of halogens is 1. The molecule has 1 fully saturated rings. The Balaban J connectivity index is 0.000000861. The Bertz CT molecular complexity index is 376. The minimum atomic E-state index is -0.236. The smallest absolute Gasteiger partial charge is 0.148 e. The van der Waals surface area contributed by atoms with Crippen LogP contribution in [0.5, 0.6) is 0 Å².